The second-order valence-corrected chi connectivity index (χ2v) is 15.5. The molecule has 0 spiro atoms. The van der Waals surface area contributed by atoms with E-state index in [4.69, 9.17) is 23.7 Å². The van der Waals surface area contributed by atoms with E-state index in [2.05, 4.69) is 6.92 Å². The minimum Gasteiger partial charge on any atom is -0.458 e. The molecule has 4 unspecified atom stereocenters. The van der Waals surface area contributed by atoms with Gasteiger partial charge in [-0.15, -0.1) is 0 Å². The van der Waals surface area contributed by atoms with Crippen molar-refractivity contribution in [2.45, 2.75) is 102 Å². The molecule has 0 saturated heterocycles. The van der Waals surface area contributed by atoms with E-state index in [9.17, 15) is 41.9 Å². The summed E-state index contributed by atoms with van der Waals surface area (Å²) < 4.78 is 69.6. The van der Waals surface area contributed by atoms with Gasteiger partial charge in [0.1, 0.15) is 6.61 Å². The zero-order valence-electron chi connectivity index (χ0n) is 34.9. The fraction of sp³-hybridized carbons (Fsp3) is 0.375. The first-order chi connectivity index (χ1) is 30.4. The van der Waals surface area contributed by atoms with Gasteiger partial charge in [0.25, 0.3) is 0 Å². The molecule has 0 saturated carbocycles. The highest BCUT2D eigenvalue weighted by Crippen LogP contribution is 2.29. The average Bonchev–Trinajstić information content (AvgIpc) is 3.30. The van der Waals surface area contributed by atoms with Crippen LogP contribution >= 0.6 is 11.8 Å². The molecular formula is C48H51F3O11S. The molecule has 0 aliphatic carbocycles. The number of carbonyl (C=O) groups is 6. The highest BCUT2D eigenvalue weighted by Gasteiger charge is 2.51. The van der Waals surface area contributed by atoms with Crippen LogP contribution in [0.1, 0.15) is 113 Å². The molecule has 63 heavy (non-hydrogen) atoms. The van der Waals surface area contributed by atoms with Crippen molar-refractivity contribution >= 4 is 46.7 Å². The number of thioether (sulfide) groups is 1. The standard InChI is InChI=1S/C48H51F3O11S/c1-2-3-4-5-6-7-8-9-10-23-32-63-46(56)41(62-45(55)37-30-21-14-22-31-37)40(61-44(54)36-28-19-13-20-29-36)39(60-43(53)35-26-17-12-18-27-35)38(59-47(57)48(49,50)51)33-58-42(52)34-24-15-11-16-25-34/h11-22,24-31,38-41H,2-10,23,32-33H2,1H3. The Morgan fingerprint density at radius 1 is 0.492 bits per heavy atom. The van der Waals surface area contributed by atoms with Crippen LogP contribution in [-0.2, 0) is 33.3 Å². The lowest BCUT2D eigenvalue weighted by atomic mass is 10.0. The van der Waals surface area contributed by atoms with Gasteiger partial charge in [0.05, 0.1) is 22.3 Å². The highest BCUT2D eigenvalue weighted by atomic mass is 32.2. The summed E-state index contributed by atoms with van der Waals surface area (Å²) in [5.74, 6) is -7.20. The Balaban J connectivity index is 1.78. The maximum absolute atomic E-state index is 14.4. The van der Waals surface area contributed by atoms with Gasteiger partial charge in [-0.3, -0.25) is 4.79 Å². The third-order valence-corrected chi connectivity index (χ3v) is 10.6. The number of unbranched alkanes of at least 4 members (excludes halogenated alkanes) is 9. The Morgan fingerprint density at radius 3 is 1.30 bits per heavy atom. The second kappa shape index (κ2) is 26.5. The molecule has 0 aliphatic rings. The summed E-state index contributed by atoms with van der Waals surface area (Å²) in [6, 6.07) is 29.0. The van der Waals surface area contributed by atoms with E-state index in [1.807, 2.05) is 0 Å². The molecule has 11 nitrogen and oxygen atoms in total. The van der Waals surface area contributed by atoms with Crippen LogP contribution in [0.25, 0.3) is 0 Å². The van der Waals surface area contributed by atoms with Crippen molar-refractivity contribution in [3.05, 3.63) is 144 Å². The van der Waals surface area contributed by atoms with Crippen LogP contribution in [0.2, 0.25) is 0 Å². The summed E-state index contributed by atoms with van der Waals surface area (Å²) in [5, 5.41) is -0.927. The predicted octanol–water partition coefficient (Wildman–Crippen LogP) is 10.2. The molecule has 0 aliphatic heterocycles. The zero-order chi connectivity index (χ0) is 45.5. The van der Waals surface area contributed by atoms with Crippen LogP contribution in [-0.4, -0.2) is 77.9 Å². The Labute approximate surface area is 369 Å². The molecule has 0 aromatic heterocycles. The van der Waals surface area contributed by atoms with Gasteiger partial charge >= 0.3 is 36.0 Å². The quantitative estimate of drug-likeness (QED) is 0.0354. The van der Waals surface area contributed by atoms with E-state index in [0.717, 1.165) is 38.5 Å². The Bertz CT molecular complexity index is 2030. The molecule has 336 valence electrons. The van der Waals surface area contributed by atoms with Crippen molar-refractivity contribution in [3.8, 4) is 0 Å². The average molecular weight is 893 g/mol. The fourth-order valence-electron chi connectivity index (χ4n) is 6.25. The van der Waals surface area contributed by atoms with Crippen molar-refractivity contribution in [3.63, 3.8) is 0 Å². The van der Waals surface area contributed by atoms with Crippen LogP contribution in [0.3, 0.4) is 0 Å². The van der Waals surface area contributed by atoms with Crippen LogP contribution < -0.4 is 0 Å². The molecular weight excluding hydrogens is 842 g/mol. The number of benzene rings is 4. The molecule has 4 rings (SSSR count). The van der Waals surface area contributed by atoms with Crippen LogP contribution in [0.15, 0.2) is 121 Å². The molecule has 0 fully saturated rings. The molecule has 0 heterocycles. The smallest absolute Gasteiger partial charge is 0.458 e. The molecule has 0 radical (unpaired) electrons. The van der Waals surface area contributed by atoms with E-state index in [1.54, 1.807) is 24.3 Å². The normalized spacial score (nSPS) is 13.1. The van der Waals surface area contributed by atoms with E-state index >= 15 is 0 Å². The summed E-state index contributed by atoms with van der Waals surface area (Å²) >= 11 is 0.707. The Morgan fingerprint density at radius 2 is 0.873 bits per heavy atom. The van der Waals surface area contributed by atoms with E-state index in [1.165, 1.54) is 116 Å². The van der Waals surface area contributed by atoms with Crippen molar-refractivity contribution in [1.82, 2.24) is 0 Å². The molecule has 0 N–H and O–H groups in total. The summed E-state index contributed by atoms with van der Waals surface area (Å²) in [6.45, 7) is 0.939. The molecule has 4 atom stereocenters. The number of ether oxygens (including phenoxy) is 5. The van der Waals surface area contributed by atoms with E-state index < -0.39 is 72.2 Å². The van der Waals surface area contributed by atoms with Gasteiger partial charge < -0.3 is 23.7 Å². The number of carbonyl (C=O) groups excluding carboxylic acids is 6. The lowest BCUT2D eigenvalue weighted by Crippen LogP contribution is -2.55. The second-order valence-electron chi connectivity index (χ2n) is 14.4. The summed E-state index contributed by atoms with van der Waals surface area (Å²) in [6.07, 6.45) is -4.82. The molecule has 15 heteroatoms. The third kappa shape index (κ3) is 17.0. The summed E-state index contributed by atoms with van der Waals surface area (Å²) in [4.78, 5) is 81.7. The maximum atomic E-state index is 14.4. The lowest BCUT2D eigenvalue weighted by molar-refractivity contribution is -0.216. The monoisotopic (exact) mass is 892 g/mol. The highest BCUT2D eigenvalue weighted by molar-refractivity contribution is 8.13. The summed E-state index contributed by atoms with van der Waals surface area (Å²) in [5.41, 5.74) is -0.375. The molecule has 4 aromatic rings. The molecule has 0 bridgehead atoms. The van der Waals surface area contributed by atoms with Crippen LogP contribution in [0.5, 0.6) is 0 Å². The van der Waals surface area contributed by atoms with Gasteiger partial charge in [-0.05, 0) is 55.0 Å². The van der Waals surface area contributed by atoms with Crippen LogP contribution in [0, 0.1) is 0 Å². The summed E-state index contributed by atoms with van der Waals surface area (Å²) in [7, 11) is 0. The van der Waals surface area contributed by atoms with E-state index in [-0.39, 0.29) is 28.0 Å². The number of rotatable bonds is 25. The Hall–Kier alpha value is -5.96. The number of hydrogen-bond donors (Lipinski definition) is 0. The van der Waals surface area contributed by atoms with Gasteiger partial charge in [0.2, 0.25) is 11.2 Å². The largest absolute Gasteiger partial charge is 0.490 e. The van der Waals surface area contributed by atoms with Gasteiger partial charge in [-0.25, -0.2) is 24.0 Å². The number of alkyl halides is 3. The first-order valence-electron chi connectivity index (χ1n) is 20.8. The number of esters is 5. The van der Waals surface area contributed by atoms with E-state index in [0.29, 0.717) is 18.2 Å². The number of hydrogen-bond acceptors (Lipinski definition) is 12. The maximum Gasteiger partial charge on any atom is 0.490 e. The van der Waals surface area contributed by atoms with Gasteiger partial charge in [-0.1, -0.05) is 149 Å². The lowest BCUT2D eigenvalue weighted by Gasteiger charge is -2.35. The topological polar surface area (TPSA) is 149 Å². The predicted molar refractivity (Wildman–Crippen MR) is 229 cm³/mol. The van der Waals surface area contributed by atoms with Crippen LogP contribution in [0.4, 0.5) is 13.2 Å². The van der Waals surface area contributed by atoms with Gasteiger partial charge in [-0.2, -0.15) is 13.2 Å². The number of halogens is 3. The molecule has 0 amide bonds. The molecule has 4 aromatic carbocycles. The zero-order valence-corrected chi connectivity index (χ0v) is 35.7. The SMILES string of the molecule is CCCCCCCCCCCCSC(=O)C(OC(=O)c1ccccc1)C(OC(=O)c1ccccc1)C(OC(=O)c1ccccc1)C(COC(=O)c1ccccc1)OC(=O)C(F)(F)F. The minimum atomic E-state index is -5.63. The van der Waals surface area contributed by atoms with Gasteiger partial charge in [0.15, 0.2) is 18.3 Å². The van der Waals surface area contributed by atoms with Crippen molar-refractivity contribution in [2.75, 3.05) is 12.4 Å². The van der Waals surface area contributed by atoms with Crippen molar-refractivity contribution in [1.29, 1.82) is 0 Å². The van der Waals surface area contributed by atoms with Crippen molar-refractivity contribution < 1.29 is 65.6 Å². The first kappa shape index (κ1) is 49.7. The Kier molecular flexibility index (Phi) is 20.9. The third-order valence-electron chi connectivity index (χ3n) is 9.59. The van der Waals surface area contributed by atoms with Gasteiger partial charge in [0, 0.05) is 5.75 Å². The fourth-order valence-corrected chi connectivity index (χ4v) is 7.15. The van der Waals surface area contributed by atoms with Crippen molar-refractivity contribution in [2.24, 2.45) is 0 Å². The minimum absolute atomic E-state index is 0.0449. The first-order valence-corrected chi connectivity index (χ1v) is 21.8.